The minimum Gasteiger partial charge on any atom is -0.321 e. The summed E-state index contributed by atoms with van der Waals surface area (Å²) in [5.74, 6) is 9.91. The summed E-state index contributed by atoms with van der Waals surface area (Å²) in [5.41, 5.74) is 13.4. The van der Waals surface area contributed by atoms with Gasteiger partial charge in [0.1, 0.15) is 0 Å². The Kier molecular flexibility index (Phi) is 6.66. The number of thioether (sulfide) groups is 2. The van der Waals surface area contributed by atoms with Crippen molar-refractivity contribution in [3.63, 3.8) is 0 Å². The zero-order chi connectivity index (χ0) is 11.0. The molecule has 0 spiro atoms. The standard InChI is InChI=1S/C4H10N8S2/c1-2(13-3(9-5)10-6)14-4(11-7)12-8/h2,5,7H,6,8H2,1H3. The highest BCUT2D eigenvalue weighted by molar-refractivity contribution is 8.30. The molecule has 0 aromatic rings. The molecule has 8 nitrogen and oxygen atoms in total. The zero-order valence-corrected chi connectivity index (χ0v) is 8.97. The Balaban J connectivity index is 4.16. The smallest absolute Gasteiger partial charge is 0.227 e. The summed E-state index contributed by atoms with van der Waals surface area (Å²) in [5, 5.41) is 13.0. The van der Waals surface area contributed by atoms with Crippen LogP contribution in [0.2, 0.25) is 0 Å². The predicted molar refractivity (Wildman–Crippen MR) is 58.2 cm³/mol. The van der Waals surface area contributed by atoms with Gasteiger partial charge in [-0.1, -0.05) is 23.5 Å². The van der Waals surface area contributed by atoms with Gasteiger partial charge in [-0.3, -0.25) is 0 Å². The van der Waals surface area contributed by atoms with E-state index in [-0.39, 0.29) is 14.9 Å². The van der Waals surface area contributed by atoms with E-state index in [0.29, 0.717) is 0 Å². The van der Waals surface area contributed by atoms with Gasteiger partial charge in [0.15, 0.2) is 0 Å². The molecular weight excluding hydrogens is 224 g/mol. The van der Waals surface area contributed by atoms with E-state index in [9.17, 15) is 0 Å². The lowest BCUT2D eigenvalue weighted by molar-refractivity contribution is 1.16. The monoisotopic (exact) mass is 234 g/mol. The number of hydrogen-bond acceptors (Lipinski definition) is 8. The summed E-state index contributed by atoms with van der Waals surface area (Å²) in [6.45, 7) is 1.81. The minimum absolute atomic E-state index is 0.0807. The first-order valence-electron chi connectivity index (χ1n) is 3.32. The molecule has 0 aromatic heterocycles. The first-order chi connectivity index (χ1) is 6.67. The lowest BCUT2D eigenvalue weighted by atomic mass is 11.0. The van der Waals surface area contributed by atoms with Gasteiger partial charge in [-0.05, 0) is 6.92 Å². The van der Waals surface area contributed by atoms with Crippen LogP contribution in [0.15, 0.2) is 20.4 Å². The largest absolute Gasteiger partial charge is 0.321 e. The van der Waals surface area contributed by atoms with Crippen molar-refractivity contribution in [3.05, 3.63) is 0 Å². The van der Waals surface area contributed by atoms with Crippen molar-refractivity contribution in [2.45, 2.75) is 11.5 Å². The molecule has 14 heavy (non-hydrogen) atoms. The molecule has 0 heterocycles. The van der Waals surface area contributed by atoms with Crippen LogP contribution >= 0.6 is 23.5 Å². The second-order valence-corrected chi connectivity index (χ2v) is 4.76. The van der Waals surface area contributed by atoms with Gasteiger partial charge in [0.2, 0.25) is 10.3 Å². The molecule has 0 bridgehead atoms. The molecule has 0 aliphatic rings. The average molecular weight is 234 g/mol. The van der Waals surface area contributed by atoms with Crippen LogP contribution in [0.5, 0.6) is 0 Å². The summed E-state index contributed by atoms with van der Waals surface area (Å²) >= 11 is 2.32. The Bertz CT molecular complexity index is 234. The van der Waals surface area contributed by atoms with E-state index >= 15 is 0 Å². The highest BCUT2D eigenvalue weighted by Gasteiger charge is 2.11. The quantitative estimate of drug-likeness (QED) is 0.142. The Labute approximate surface area is 89.0 Å². The van der Waals surface area contributed by atoms with E-state index in [4.69, 9.17) is 22.7 Å². The highest BCUT2D eigenvalue weighted by atomic mass is 32.2. The van der Waals surface area contributed by atoms with Crippen LogP contribution < -0.4 is 11.7 Å². The maximum Gasteiger partial charge on any atom is 0.227 e. The second-order valence-electron chi connectivity index (χ2n) is 1.85. The number of nitrogens with two attached hydrogens (primary N) is 2. The molecule has 0 amide bonds. The molecule has 0 fully saturated rings. The van der Waals surface area contributed by atoms with Gasteiger partial charge < -0.3 is 11.7 Å². The molecule has 0 aliphatic carbocycles. The summed E-state index contributed by atoms with van der Waals surface area (Å²) in [6.07, 6.45) is 0. The number of hydrogen-bond donors (Lipinski definition) is 4. The van der Waals surface area contributed by atoms with Crippen LogP contribution in [0.3, 0.4) is 0 Å². The van der Waals surface area contributed by atoms with Crippen molar-refractivity contribution in [1.29, 1.82) is 11.1 Å². The van der Waals surface area contributed by atoms with Gasteiger partial charge >= 0.3 is 0 Å². The first-order valence-corrected chi connectivity index (χ1v) is 5.07. The molecule has 0 aliphatic heterocycles. The van der Waals surface area contributed by atoms with Crippen molar-refractivity contribution in [2.75, 3.05) is 0 Å². The van der Waals surface area contributed by atoms with Crippen LogP contribution in [0.1, 0.15) is 6.92 Å². The fourth-order valence-corrected chi connectivity index (χ4v) is 2.02. The van der Waals surface area contributed by atoms with Crippen molar-refractivity contribution in [3.8, 4) is 0 Å². The number of hydrazone groups is 2. The maximum absolute atomic E-state index is 6.69. The number of nitrogens with one attached hydrogen (secondary N) is 2. The first kappa shape index (κ1) is 12.8. The maximum atomic E-state index is 6.69. The molecular formula is C4H10N8S2. The van der Waals surface area contributed by atoms with Crippen LogP contribution in [-0.2, 0) is 0 Å². The molecule has 0 atom stereocenters. The van der Waals surface area contributed by atoms with Gasteiger partial charge in [-0.2, -0.15) is 10.2 Å². The Morgan fingerprint density at radius 3 is 1.64 bits per heavy atom. The third kappa shape index (κ3) is 4.77. The fraction of sp³-hybridized carbons (Fsp3) is 0.500. The molecule has 0 aromatic carbocycles. The highest BCUT2D eigenvalue weighted by Crippen LogP contribution is 2.25. The van der Waals surface area contributed by atoms with Crippen LogP contribution in [0.4, 0.5) is 0 Å². The summed E-state index contributed by atoms with van der Waals surface area (Å²) in [4.78, 5) is 0. The van der Waals surface area contributed by atoms with Crippen molar-refractivity contribution in [1.82, 2.24) is 0 Å². The van der Waals surface area contributed by atoms with Crippen LogP contribution in [0.25, 0.3) is 0 Å². The van der Waals surface area contributed by atoms with Gasteiger partial charge in [0.05, 0.1) is 4.58 Å². The molecule has 6 N–H and O–H groups in total. The summed E-state index contributed by atoms with van der Waals surface area (Å²) < 4.78 is -0.0807. The summed E-state index contributed by atoms with van der Waals surface area (Å²) in [6, 6.07) is 0. The normalized spacial score (nSPS) is 14.9. The molecule has 0 unspecified atom stereocenters. The number of nitrogens with zero attached hydrogens (tertiary/aromatic N) is 4. The fourth-order valence-electron chi connectivity index (χ4n) is 0.492. The number of rotatable bonds is 2. The average Bonchev–Trinajstić information content (AvgIpc) is 2.22. The molecule has 0 rings (SSSR count). The SMILES string of the molecule is CC(SC(N=N)=NN)SC(N=N)=NN. The lowest BCUT2D eigenvalue weighted by Crippen LogP contribution is -2.03. The van der Waals surface area contributed by atoms with Crippen molar-refractivity contribution >= 4 is 33.9 Å². The molecule has 0 saturated carbocycles. The molecule has 0 saturated heterocycles. The van der Waals surface area contributed by atoms with Crippen molar-refractivity contribution < 1.29 is 0 Å². The van der Waals surface area contributed by atoms with Gasteiger partial charge in [0.25, 0.3) is 0 Å². The molecule has 10 heteroatoms. The van der Waals surface area contributed by atoms with Crippen LogP contribution in [-0.4, -0.2) is 14.9 Å². The minimum atomic E-state index is -0.0807. The Hall–Kier alpha value is -1.16. The van der Waals surface area contributed by atoms with E-state index in [2.05, 4.69) is 20.4 Å². The van der Waals surface area contributed by atoms with E-state index in [0.717, 1.165) is 23.5 Å². The topological polar surface area (TPSA) is 149 Å². The Morgan fingerprint density at radius 1 is 1.07 bits per heavy atom. The number of amidine groups is 2. The van der Waals surface area contributed by atoms with E-state index < -0.39 is 0 Å². The van der Waals surface area contributed by atoms with Gasteiger partial charge in [-0.15, -0.1) is 10.2 Å². The van der Waals surface area contributed by atoms with Gasteiger partial charge in [0, 0.05) is 0 Å². The van der Waals surface area contributed by atoms with Crippen molar-refractivity contribution in [2.24, 2.45) is 32.1 Å². The van der Waals surface area contributed by atoms with Gasteiger partial charge in [-0.25, -0.2) is 11.1 Å². The third-order valence-electron chi connectivity index (χ3n) is 0.955. The molecule has 0 radical (unpaired) electrons. The summed E-state index contributed by atoms with van der Waals surface area (Å²) in [7, 11) is 0. The van der Waals surface area contributed by atoms with E-state index in [1.54, 1.807) is 0 Å². The third-order valence-corrected chi connectivity index (χ3v) is 3.01. The second kappa shape index (κ2) is 7.26. The van der Waals surface area contributed by atoms with Crippen LogP contribution in [0, 0.1) is 11.1 Å². The predicted octanol–water partition coefficient (Wildman–Crippen LogP) is 1.32. The molecule has 78 valence electrons. The van der Waals surface area contributed by atoms with E-state index in [1.807, 2.05) is 6.92 Å². The zero-order valence-electron chi connectivity index (χ0n) is 7.34. The Morgan fingerprint density at radius 2 is 1.43 bits per heavy atom. The lowest BCUT2D eigenvalue weighted by Gasteiger charge is -2.06. The van der Waals surface area contributed by atoms with E-state index in [1.165, 1.54) is 0 Å².